The van der Waals surface area contributed by atoms with Gasteiger partial charge in [-0.2, -0.15) is 11.8 Å². The molecule has 96 valence electrons. The summed E-state index contributed by atoms with van der Waals surface area (Å²) in [5.74, 6) is 0. The van der Waals surface area contributed by atoms with Crippen molar-refractivity contribution in [2.45, 2.75) is 30.6 Å². The van der Waals surface area contributed by atoms with Crippen molar-refractivity contribution in [2.75, 3.05) is 6.26 Å². The number of nitrogens with zero attached hydrogens (tertiary/aromatic N) is 1. The molecule has 0 saturated heterocycles. The molecular formula is C12H14N2OS3. The molecule has 0 amide bonds. The van der Waals surface area contributed by atoms with Gasteiger partial charge >= 0.3 is 0 Å². The summed E-state index contributed by atoms with van der Waals surface area (Å²) in [6.07, 6.45) is 5.42. The van der Waals surface area contributed by atoms with Gasteiger partial charge < -0.3 is 4.98 Å². The Bertz CT molecular complexity index is 684. The van der Waals surface area contributed by atoms with Gasteiger partial charge in [0.15, 0.2) is 4.77 Å². The zero-order valence-electron chi connectivity index (χ0n) is 10.0. The van der Waals surface area contributed by atoms with E-state index >= 15 is 0 Å². The van der Waals surface area contributed by atoms with Crippen molar-refractivity contribution in [3.8, 4) is 0 Å². The fourth-order valence-corrected chi connectivity index (χ4v) is 4.56. The normalized spacial score (nSPS) is 23.8. The SMILES string of the molecule is CSC1CCC(n2c(=S)[nH]c3ccsc3c2=O)C1. The van der Waals surface area contributed by atoms with Crippen LogP contribution in [0.3, 0.4) is 0 Å². The molecule has 1 saturated carbocycles. The topological polar surface area (TPSA) is 37.8 Å². The highest BCUT2D eigenvalue weighted by molar-refractivity contribution is 7.99. The third-order valence-corrected chi connectivity index (χ3v) is 5.89. The van der Waals surface area contributed by atoms with Crippen LogP contribution in [0.1, 0.15) is 25.3 Å². The number of rotatable bonds is 2. The van der Waals surface area contributed by atoms with E-state index in [1.807, 2.05) is 23.2 Å². The Kier molecular flexibility index (Phi) is 3.34. The van der Waals surface area contributed by atoms with E-state index in [-0.39, 0.29) is 11.6 Å². The molecule has 2 aromatic rings. The molecule has 2 heterocycles. The van der Waals surface area contributed by atoms with Crippen LogP contribution in [0.5, 0.6) is 0 Å². The molecule has 3 nitrogen and oxygen atoms in total. The van der Waals surface area contributed by atoms with Crippen LogP contribution in [0.15, 0.2) is 16.2 Å². The zero-order valence-corrected chi connectivity index (χ0v) is 12.5. The van der Waals surface area contributed by atoms with E-state index in [4.69, 9.17) is 12.2 Å². The van der Waals surface area contributed by atoms with Crippen LogP contribution >= 0.6 is 35.3 Å². The summed E-state index contributed by atoms with van der Waals surface area (Å²) < 4.78 is 3.15. The van der Waals surface area contributed by atoms with Crippen molar-refractivity contribution in [3.63, 3.8) is 0 Å². The van der Waals surface area contributed by atoms with Gasteiger partial charge in [0.1, 0.15) is 4.70 Å². The Morgan fingerprint density at radius 1 is 1.56 bits per heavy atom. The lowest BCUT2D eigenvalue weighted by Crippen LogP contribution is -2.24. The first-order valence-corrected chi connectivity index (χ1v) is 8.53. The summed E-state index contributed by atoms with van der Waals surface area (Å²) in [5, 5.41) is 2.59. The maximum absolute atomic E-state index is 12.5. The van der Waals surface area contributed by atoms with Crippen LogP contribution in [-0.4, -0.2) is 21.1 Å². The maximum Gasteiger partial charge on any atom is 0.272 e. The summed E-state index contributed by atoms with van der Waals surface area (Å²) in [4.78, 5) is 15.6. The van der Waals surface area contributed by atoms with Gasteiger partial charge in [0.2, 0.25) is 0 Å². The lowest BCUT2D eigenvalue weighted by Gasteiger charge is -2.14. The Morgan fingerprint density at radius 3 is 3.11 bits per heavy atom. The van der Waals surface area contributed by atoms with Gasteiger partial charge in [-0.3, -0.25) is 9.36 Å². The highest BCUT2D eigenvalue weighted by atomic mass is 32.2. The number of nitrogens with one attached hydrogen (secondary N) is 1. The van der Waals surface area contributed by atoms with Gasteiger partial charge in [-0.05, 0) is 49.2 Å². The van der Waals surface area contributed by atoms with E-state index in [0.29, 0.717) is 10.0 Å². The Labute approximate surface area is 118 Å². The zero-order chi connectivity index (χ0) is 12.7. The summed E-state index contributed by atoms with van der Waals surface area (Å²) in [7, 11) is 0. The molecule has 0 spiro atoms. The number of aromatic nitrogens is 2. The lowest BCUT2D eigenvalue weighted by molar-refractivity contribution is 0.494. The molecule has 1 N–H and O–H groups in total. The maximum atomic E-state index is 12.5. The van der Waals surface area contributed by atoms with Crippen LogP contribution in [0.25, 0.3) is 10.2 Å². The van der Waals surface area contributed by atoms with Gasteiger partial charge in [0.25, 0.3) is 5.56 Å². The average Bonchev–Trinajstić information content (AvgIpc) is 2.97. The predicted octanol–water partition coefficient (Wildman–Crippen LogP) is 3.58. The molecule has 0 aromatic carbocycles. The Hall–Kier alpha value is -0.590. The van der Waals surface area contributed by atoms with E-state index in [1.165, 1.54) is 17.8 Å². The number of hydrogen-bond acceptors (Lipinski definition) is 4. The fourth-order valence-electron chi connectivity index (χ4n) is 2.65. The van der Waals surface area contributed by atoms with Gasteiger partial charge in [-0.1, -0.05) is 0 Å². The van der Waals surface area contributed by atoms with Crippen LogP contribution in [0.2, 0.25) is 0 Å². The summed E-state index contributed by atoms with van der Waals surface area (Å²) in [6, 6.07) is 2.19. The highest BCUT2D eigenvalue weighted by Crippen LogP contribution is 2.35. The first-order chi connectivity index (χ1) is 8.70. The van der Waals surface area contributed by atoms with Crippen molar-refractivity contribution in [1.29, 1.82) is 0 Å². The number of thiophene rings is 1. The van der Waals surface area contributed by atoms with E-state index < -0.39 is 0 Å². The van der Waals surface area contributed by atoms with Gasteiger partial charge in [0.05, 0.1) is 5.52 Å². The van der Waals surface area contributed by atoms with E-state index in [9.17, 15) is 4.79 Å². The molecule has 1 aliphatic rings. The van der Waals surface area contributed by atoms with Crippen LogP contribution < -0.4 is 5.56 Å². The molecule has 2 atom stereocenters. The second-order valence-corrected chi connectivity index (χ2v) is 7.03. The predicted molar refractivity (Wildman–Crippen MR) is 81.5 cm³/mol. The summed E-state index contributed by atoms with van der Waals surface area (Å²) in [5.41, 5.74) is 0.946. The third kappa shape index (κ3) is 1.96. The van der Waals surface area contributed by atoms with Crippen molar-refractivity contribution in [1.82, 2.24) is 9.55 Å². The molecule has 18 heavy (non-hydrogen) atoms. The average molecular weight is 298 g/mol. The molecule has 1 fully saturated rings. The first-order valence-electron chi connectivity index (χ1n) is 5.95. The largest absolute Gasteiger partial charge is 0.331 e. The molecule has 0 radical (unpaired) electrons. The minimum absolute atomic E-state index is 0.0792. The van der Waals surface area contributed by atoms with Crippen molar-refractivity contribution < 1.29 is 0 Å². The molecular weight excluding hydrogens is 284 g/mol. The van der Waals surface area contributed by atoms with Crippen LogP contribution in [-0.2, 0) is 0 Å². The van der Waals surface area contributed by atoms with Gasteiger partial charge in [0, 0.05) is 11.3 Å². The molecule has 0 bridgehead atoms. The number of hydrogen-bond donors (Lipinski definition) is 1. The van der Waals surface area contributed by atoms with Crippen molar-refractivity contribution >= 4 is 45.5 Å². The van der Waals surface area contributed by atoms with Gasteiger partial charge in [-0.15, -0.1) is 11.3 Å². The molecule has 3 rings (SSSR count). The minimum Gasteiger partial charge on any atom is -0.331 e. The third-order valence-electron chi connectivity index (χ3n) is 3.59. The number of thioether (sulfide) groups is 1. The lowest BCUT2D eigenvalue weighted by atomic mass is 10.2. The van der Waals surface area contributed by atoms with Crippen molar-refractivity contribution in [2.24, 2.45) is 0 Å². The second-order valence-electron chi connectivity index (χ2n) is 4.59. The monoisotopic (exact) mass is 298 g/mol. The molecule has 1 aliphatic carbocycles. The van der Waals surface area contributed by atoms with E-state index in [2.05, 4.69) is 11.2 Å². The second kappa shape index (κ2) is 4.83. The van der Waals surface area contributed by atoms with Gasteiger partial charge in [-0.25, -0.2) is 0 Å². The number of aromatic amines is 1. The fraction of sp³-hybridized carbons (Fsp3) is 0.500. The molecule has 2 unspecified atom stereocenters. The minimum atomic E-state index is 0.0792. The van der Waals surface area contributed by atoms with Crippen molar-refractivity contribution in [3.05, 3.63) is 26.6 Å². The molecule has 0 aliphatic heterocycles. The highest BCUT2D eigenvalue weighted by Gasteiger charge is 2.27. The van der Waals surface area contributed by atoms with Crippen LogP contribution in [0, 0.1) is 4.77 Å². The number of H-pyrrole nitrogens is 1. The molecule has 6 heteroatoms. The Morgan fingerprint density at radius 2 is 2.39 bits per heavy atom. The smallest absolute Gasteiger partial charge is 0.272 e. The van der Waals surface area contributed by atoms with E-state index in [0.717, 1.165) is 23.1 Å². The standard InChI is InChI=1S/C12H14N2OS3/c1-17-8-3-2-7(6-8)14-11(15)10-9(4-5-18-10)13-12(14)16/h4-5,7-8H,2-3,6H2,1H3,(H,13,16). The molecule has 2 aromatic heterocycles. The van der Waals surface area contributed by atoms with E-state index in [1.54, 1.807) is 4.57 Å². The number of fused-ring (bicyclic) bond motifs is 1. The summed E-state index contributed by atoms with van der Waals surface area (Å²) >= 11 is 8.73. The Balaban J connectivity index is 2.12. The summed E-state index contributed by atoms with van der Waals surface area (Å²) in [6.45, 7) is 0. The van der Waals surface area contributed by atoms with Crippen LogP contribution in [0.4, 0.5) is 0 Å². The quantitative estimate of drug-likeness (QED) is 0.861. The first kappa shape index (κ1) is 12.4.